The van der Waals surface area contributed by atoms with Crippen LogP contribution in [0.4, 0.5) is 0 Å². The zero-order valence-electron chi connectivity index (χ0n) is 29.3. The number of fused-ring (bicyclic) bond motifs is 8. The first-order valence-electron chi connectivity index (χ1n) is 16.4. The number of ether oxygens (including phenoxy) is 3. The fourth-order valence-electron chi connectivity index (χ4n) is 6.79. The number of H-pyrrole nitrogens is 2. The van der Waals surface area contributed by atoms with Crippen LogP contribution >= 0.6 is 0 Å². The van der Waals surface area contributed by atoms with Crippen molar-refractivity contribution >= 4 is 62.3 Å². The first-order chi connectivity index (χ1) is 23.0. The van der Waals surface area contributed by atoms with Crippen molar-refractivity contribution in [2.24, 2.45) is 0 Å². The summed E-state index contributed by atoms with van der Waals surface area (Å²) in [6.07, 6.45) is 2.67. The zero-order chi connectivity index (χ0) is 34.9. The number of aryl methyl sites for hydroxylation is 4. The number of esters is 3. The SMILES string of the molecule is CCC1=C(C)c2cc3[nH]c(cc4[nH]c(cc5nc(c(C(=O)OC)c1n2)C(CC)=C5C)c(C)c4CCC(=O)OC)c(CCC(=O)OC)c3C. The largest absolute Gasteiger partial charge is 0.469 e. The van der Waals surface area contributed by atoms with Crippen LogP contribution in [0.5, 0.6) is 0 Å². The number of carbonyl (C=O) groups excluding carboxylic acids is 3. The zero-order valence-corrected chi connectivity index (χ0v) is 29.3. The number of carbonyl (C=O) groups is 3. The lowest BCUT2D eigenvalue weighted by molar-refractivity contribution is -0.141. The van der Waals surface area contributed by atoms with E-state index in [1.54, 1.807) is 0 Å². The molecular weight excluding hydrogens is 608 g/mol. The summed E-state index contributed by atoms with van der Waals surface area (Å²) in [5.74, 6) is -1.08. The van der Waals surface area contributed by atoms with Gasteiger partial charge in [-0.3, -0.25) is 9.59 Å². The number of nitrogens with one attached hydrogen (secondary N) is 2. The van der Waals surface area contributed by atoms with E-state index in [2.05, 4.69) is 23.8 Å². The minimum absolute atomic E-state index is 0.215. The first kappa shape index (κ1) is 34.3. The average Bonchev–Trinajstić information content (AvgIpc) is 3.75. The summed E-state index contributed by atoms with van der Waals surface area (Å²) in [5, 5.41) is 0. The number of hydrogen-bond acceptors (Lipinski definition) is 8. The molecule has 2 N–H and O–H groups in total. The Morgan fingerprint density at radius 2 is 1.04 bits per heavy atom. The minimum Gasteiger partial charge on any atom is -0.469 e. The van der Waals surface area contributed by atoms with Gasteiger partial charge in [0.05, 0.1) is 44.1 Å². The maximum Gasteiger partial charge on any atom is 0.342 e. The Morgan fingerprint density at radius 3 is 1.40 bits per heavy atom. The Balaban J connectivity index is 1.99. The second kappa shape index (κ2) is 14.0. The van der Waals surface area contributed by atoms with Gasteiger partial charge in [0.1, 0.15) is 5.56 Å². The Bertz CT molecular complexity index is 1920. The van der Waals surface area contributed by atoms with Crippen molar-refractivity contribution in [3.8, 4) is 0 Å². The van der Waals surface area contributed by atoms with Crippen molar-refractivity contribution in [2.75, 3.05) is 21.3 Å². The van der Waals surface area contributed by atoms with Crippen LogP contribution in [0.2, 0.25) is 0 Å². The van der Waals surface area contributed by atoms with Crippen molar-refractivity contribution in [3.63, 3.8) is 0 Å². The Labute approximate surface area is 280 Å². The van der Waals surface area contributed by atoms with Gasteiger partial charge in [0.25, 0.3) is 0 Å². The topological polar surface area (TPSA) is 136 Å². The lowest BCUT2D eigenvalue weighted by Crippen LogP contribution is -2.09. The van der Waals surface area contributed by atoms with E-state index in [0.717, 1.165) is 78.0 Å². The lowest BCUT2D eigenvalue weighted by atomic mass is 9.96. The van der Waals surface area contributed by atoms with Gasteiger partial charge in [-0.05, 0) is 116 Å². The highest BCUT2D eigenvalue weighted by Gasteiger charge is 2.29. The van der Waals surface area contributed by atoms with Crippen molar-refractivity contribution in [1.82, 2.24) is 19.9 Å². The third-order valence-corrected chi connectivity index (χ3v) is 9.65. The lowest BCUT2D eigenvalue weighted by Gasteiger charge is -2.09. The molecule has 0 atom stereocenters. The molecular formula is C38H44N4O6. The second-order valence-corrected chi connectivity index (χ2v) is 12.2. The fourth-order valence-corrected chi connectivity index (χ4v) is 6.79. The Kier molecular flexibility index (Phi) is 10.0. The van der Waals surface area contributed by atoms with Gasteiger partial charge in [0.2, 0.25) is 0 Å². The molecule has 0 spiro atoms. The van der Waals surface area contributed by atoms with Crippen LogP contribution < -0.4 is 0 Å². The molecule has 5 rings (SSSR count). The molecule has 8 bridgehead atoms. The van der Waals surface area contributed by atoms with Crippen molar-refractivity contribution in [2.45, 2.75) is 80.1 Å². The normalized spacial score (nSPS) is 12.9. The summed E-state index contributed by atoms with van der Waals surface area (Å²) in [4.78, 5) is 55.5. The molecule has 252 valence electrons. The van der Waals surface area contributed by atoms with Crippen LogP contribution in [-0.2, 0) is 36.6 Å². The molecule has 3 aromatic rings. The van der Waals surface area contributed by atoms with Gasteiger partial charge >= 0.3 is 17.9 Å². The van der Waals surface area contributed by atoms with E-state index in [-0.39, 0.29) is 24.8 Å². The second-order valence-electron chi connectivity index (χ2n) is 12.2. The van der Waals surface area contributed by atoms with E-state index in [0.29, 0.717) is 42.6 Å². The summed E-state index contributed by atoms with van der Waals surface area (Å²) in [7, 11) is 4.16. The van der Waals surface area contributed by atoms with Gasteiger partial charge in [0.15, 0.2) is 0 Å². The molecule has 48 heavy (non-hydrogen) atoms. The molecule has 0 aromatic carbocycles. The number of methoxy groups -OCH3 is 3. The third-order valence-electron chi connectivity index (χ3n) is 9.65. The third kappa shape index (κ3) is 6.19. The summed E-state index contributed by atoms with van der Waals surface area (Å²) in [6, 6.07) is 6.05. The van der Waals surface area contributed by atoms with Crippen LogP contribution in [0.25, 0.3) is 44.4 Å². The number of allylic oxidation sites excluding steroid dienone is 4. The Hall–Kier alpha value is -4.99. The van der Waals surface area contributed by atoms with Gasteiger partial charge in [-0.25, -0.2) is 14.8 Å². The molecule has 2 aliphatic rings. The quantitative estimate of drug-likeness (QED) is 0.178. The maximum absolute atomic E-state index is 13.6. The molecule has 0 unspecified atom stereocenters. The molecule has 10 heteroatoms. The van der Waals surface area contributed by atoms with Gasteiger partial charge in [-0.1, -0.05) is 13.8 Å². The predicted molar refractivity (Wildman–Crippen MR) is 188 cm³/mol. The Morgan fingerprint density at radius 1 is 0.625 bits per heavy atom. The van der Waals surface area contributed by atoms with Crippen LogP contribution in [0.3, 0.4) is 0 Å². The van der Waals surface area contributed by atoms with E-state index in [9.17, 15) is 14.4 Å². The molecule has 0 saturated carbocycles. The van der Waals surface area contributed by atoms with Gasteiger partial charge in [-0.2, -0.15) is 0 Å². The standard InChI is InChI=1S/C38H44N4O6/c1-10-23-19(3)29-16-27-21(5)25(12-14-33(43)46-7)31(39-27)18-32-26(13-15-34(44)47-8)22(6)28(40-32)17-30-20(4)24(11-2)37(42-30)35(36(23)41-29)38(45)48-9/h16-18,39-40H,10-15H2,1-9H3. The van der Waals surface area contributed by atoms with Crippen molar-refractivity contribution in [3.05, 3.63) is 68.8 Å². The number of aromatic amines is 2. The molecule has 10 nitrogen and oxygen atoms in total. The van der Waals surface area contributed by atoms with E-state index in [1.807, 2.05) is 45.9 Å². The van der Waals surface area contributed by atoms with E-state index in [1.165, 1.54) is 21.3 Å². The van der Waals surface area contributed by atoms with Gasteiger partial charge in [0, 0.05) is 34.9 Å². The van der Waals surface area contributed by atoms with Gasteiger partial charge in [-0.15, -0.1) is 0 Å². The maximum atomic E-state index is 13.6. The highest BCUT2D eigenvalue weighted by molar-refractivity contribution is 6.06. The predicted octanol–water partition coefficient (Wildman–Crippen LogP) is 7.61. The monoisotopic (exact) mass is 652 g/mol. The molecule has 0 amide bonds. The minimum atomic E-state index is -0.491. The summed E-state index contributed by atoms with van der Waals surface area (Å²) < 4.78 is 15.3. The summed E-state index contributed by atoms with van der Waals surface area (Å²) in [6.45, 7) is 12.2. The highest BCUT2D eigenvalue weighted by Crippen LogP contribution is 2.40. The molecule has 0 aliphatic carbocycles. The van der Waals surface area contributed by atoms with Crippen molar-refractivity contribution < 1.29 is 28.6 Å². The van der Waals surface area contributed by atoms with E-state index in [4.69, 9.17) is 24.2 Å². The number of hydrogen-bond donors (Lipinski definition) is 2. The molecule has 2 aliphatic heterocycles. The molecule has 0 radical (unpaired) electrons. The van der Waals surface area contributed by atoms with Crippen LogP contribution in [0, 0.1) is 13.8 Å². The molecule has 3 aromatic heterocycles. The van der Waals surface area contributed by atoms with Crippen LogP contribution in [0.15, 0.2) is 18.2 Å². The first-order valence-corrected chi connectivity index (χ1v) is 16.4. The van der Waals surface area contributed by atoms with E-state index < -0.39 is 5.97 Å². The number of rotatable bonds is 9. The molecule has 0 fully saturated rings. The average molecular weight is 653 g/mol. The number of nitrogens with zero attached hydrogens (tertiary/aromatic N) is 2. The van der Waals surface area contributed by atoms with E-state index >= 15 is 0 Å². The number of aromatic nitrogens is 4. The van der Waals surface area contributed by atoms with Gasteiger partial charge < -0.3 is 24.2 Å². The molecule has 0 saturated heterocycles. The van der Waals surface area contributed by atoms with Crippen molar-refractivity contribution in [1.29, 1.82) is 0 Å². The smallest absolute Gasteiger partial charge is 0.342 e. The van der Waals surface area contributed by atoms with Crippen LogP contribution in [-0.4, -0.2) is 59.2 Å². The summed E-state index contributed by atoms with van der Waals surface area (Å²) in [5.41, 5.74) is 14.1. The summed E-state index contributed by atoms with van der Waals surface area (Å²) >= 11 is 0. The fraction of sp³-hybridized carbons (Fsp3) is 0.395. The van der Waals surface area contributed by atoms with Crippen LogP contribution in [0.1, 0.15) is 109 Å². The molecule has 5 heterocycles. The highest BCUT2D eigenvalue weighted by atomic mass is 16.5.